The van der Waals surface area contributed by atoms with Gasteiger partial charge < -0.3 is 5.73 Å². The van der Waals surface area contributed by atoms with Gasteiger partial charge in [-0.25, -0.2) is 0 Å². The molecule has 0 saturated heterocycles. The molecule has 5 aliphatic rings. The van der Waals surface area contributed by atoms with Gasteiger partial charge in [-0.1, -0.05) is 30.3 Å². The summed E-state index contributed by atoms with van der Waals surface area (Å²) in [7, 11) is 0. The molecule has 6 rings (SSSR count). The van der Waals surface area contributed by atoms with E-state index in [9.17, 15) is 4.79 Å². The average Bonchev–Trinajstić information content (AvgIpc) is 3.02. The quantitative estimate of drug-likeness (QED) is 0.872. The third-order valence-corrected chi connectivity index (χ3v) is 8.33. The Morgan fingerprint density at radius 3 is 2.56 bits per heavy atom. The number of carbonyl (C=O) groups is 1. The van der Waals surface area contributed by atoms with E-state index in [-0.39, 0.29) is 5.41 Å². The zero-order valence-corrected chi connectivity index (χ0v) is 15.3. The van der Waals surface area contributed by atoms with Crippen molar-refractivity contribution in [2.75, 3.05) is 0 Å². The minimum absolute atomic E-state index is 0.0261. The number of nitrogens with two attached hydrogens (primary N) is 1. The zero-order valence-electron chi connectivity index (χ0n) is 15.3. The van der Waals surface area contributed by atoms with Gasteiger partial charge in [0.1, 0.15) is 5.78 Å². The second-order valence-corrected chi connectivity index (χ2v) is 9.80. The van der Waals surface area contributed by atoms with Crippen molar-refractivity contribution < 1.29 is 4.79 Å². The SMILES string of the molecule is NC1CCC(CC(=O)C23CC4CC2CC(c2ccccc2)(C4)C3)CC1. The highest BCUT2D eigenvalue weighted by Gasteiger charge is 2.66. The summed E-state index contributed by atoms with van der Waals surface area (Å²) in [4.78, 5) is 13.5. The van der Waals surface area contributed by atoms with Gasteiger partial charge in [0.2, 0.25) is 0 Å². The summed E-state index contributed by atoms with van der Waals surface area (Å²) in [5.74, 6) is 2.67. The summed E-state index contributed by atoms with van der Waals surface area (Å²) in [6.07, 6.45) is 11.6. The van der Waals surface area contributed by atoms with E-state index in [0.29, 0.717) is 29.1 Å². The van der Waals surface area contributed by atoms with Crippen molar-refractivity contribution in [3.8, 4) is 0 Å². The molecule has 4 atom stereocenters. The summed E-state index contributed by atoms with van der Waals surface area (Å²) in [5.41, 5.74) is 7.89. The molecule has 5 fully saturated rings. The van der Waals surface area contributed by atoms with E-state index in [1.54, 1.807) is 0 Å². The highest BCUT2D eigenvalue weighted by atomic mass is 16.1. The van der Waals surface area contributed by atoms with Crippen LogP contribution in [0.4, 0.5) is 0 Å². The molecule has 1 aromatic carbocycles. The summed E-state index contributed by atoms with van der Waals surface area (Å²) in [6, 6.07) is 11.5. The van der Waals surface area contributed by atoms with Crippen molar-refractivity contribution in [3.63, 3.8) is 0 Å². The Morgan fingerprint density at radius 2 is 1.80 bits per heavy atom. The molecule has 2 nitrogen and oxygen atoms in total. The van der Waals surface area contributed by atoms with Crippen molar-refractivity contribution in [1.29, 1.82) is 0 Å². The molecule has 0 heterocycles. The van der Waals surface area contributed by atoms with Crippen LogP contribution in [0.25, 0.3) is 0 Å². The minimum Gasteiger partial charge on any atom is -0.328 e. The van der Waals surface area contributed by atoms with Crippen molar-refractivity contribution >= 4 is 5.78 Å². The first-order valence-corrected chi connectivity index (χ1v) is 10.4. The van der Waals surface area contributed by atoms with E-state index < -0.39 is 0 Å². The van der Waals surface area contributed by atoms with Crippen molar-refractivity contribution in [1.82, 2.24) is 0 Å². The Kier molecular flexibility index (Phi) is 3.64. The second kappa shape index (κ2) is 5.67. The maximum absolute atomic E-state index is 13.5. The number of hydrogen-bond donors (Lipinski definition) is 1. The molecule has 4 bridgehead atoms. The number of rotatable bonds is 4. The standard InChI is InChI=1S/C23H31NO/c24-20-8-6-16(7-9-20)11-21(25)23-13-17-10-19(23)14-22(12-17,15-23)18-4-2-1-3-5-18/h1-5,16-17,19-20H,6-15,24H2. The summed E-state index contributed by atoms with van der Waals surface area (Å²) >= 11 is 0. The first-order chi connectivity index (χ1) is 12.1. The Hall–Kier alpha value is -1.15. The Labute approximate surface area is 151 Å². The van der Waals surface area contributed by atoms with Gasteiger partial charge in [0.05, 0.1) is 0 Å². The number of ketones is 1. The molecule has 5 aliphatic carbocycles. The van der Waals surface area contributed by atoms with Crippen LogP contribution in [-0.4, -0.2) is 11.8 Å². The molecule has 0 aliphatic heterocycles. The molecule has 2 heteroatoms. The molecule has 0 amide bonds. The molecule has 134 valence electrons. The van der Waals surface area contributed by atoms with E-state index in [4.69, 9.17) is 5.73 Å². The molecule has 4 unspecified atom stereocenters. The average molecular weight is 338 g/mol. The zero-order chi connectivity index (χ0) is 17.1. The van der Waals surface area contributed by atoms with Gasteiger partial charge in [0.15, 0.2) is 0 Å². The van der Waals surface area contributed by atoms with E-state index >= 15 is 0 Å². The van der Waals surface area contributed by atoms with Gasteiger partial charge in [0, 0.05) is 17.9 Å². The summed E-state index contributed by atoms with van der Waals surface area (Å²) in [6.45, 7) is 0. The first kappa shape index (κ1) is 16.1. The van der Waals surface area contributed by atoms with E-state index in [0.717, 1.165) is 31.6 Å². The van der Waals surface area contributed by atoms with Gasteiger partial charge in [-0.2, -0.15) is 0 Å². The van der Waals surface area contributed by atoms with Crippen LogP contribution < -0.4 is 5.73 Å². The molecular formula is C23H31NO. The fraction of sp³-hybridized carbons (Fsp3) is 0.696. The van der Waals surface area contributed by atoms with Crippen molar-refractivity contribution in [3.05, 3.63) is 35.9 Å². The number of Topliss-reactive ketones (excluding diaryl/α,β-unsaturated/α-hetero) is 1. The third kappa shape index (κ3) is 2.44. The normalized spacial score (nSPS) is 45.0. The molecule has 0 radical (unpaired) electrons. The topological polar surface area (TPSA) is 43.1 Å². The van der Waals surface area contributed by atoms with Crippen LogP contribution in [0.2, 0.25) is 0 Å². The van der Waals surface area contributed by atoms with Gasteiger partial charge in [-0.3, -0.25) is 4.79 Å². The molecule has 0 spiro atoms. The predicted molar refractivity (Wildman–Crippen MR) is 100 cm³/mol. The monoisotopic (exact) mass is 337 g/mol. The number of carbonyl (C=O) groups excluding carboxylic acids is 1. The van der Waals surface area contributed by atoms with Gasteiger partial charge in [0.25, 0.3) is 0 Å². The van der Waals surface area contributed by atoms with Gasteiger partial charge >= 0.3 is 0 Å². The fourth-order valence-corrected chi connectivity index (χ4v) is 7.33. The molecule has 1 aromatic rings. The lowest BCUT2D eigenvalue weighted by molar-refractivity contribution is -0.132. The highest BCUT2D eigenvalue weighted by molar-refractivity contribution is 5.87. The fourth-order valence-electron chi connectivity index (χ4n) is 7.33. The van der Waals surface area contributed by atoms with E-state index in [1.165, 1.54) is 44.1 Å². The van der Waals surface area contributed by atoms with E-state index in [2.05, 4.69) is 30.3 Å². The van der Waals surface area contributed by atoms with Gasteiger partial charge in [-0.15, -0.1) is 0 Å². The molecule has 25 heavy (non-hydrogen) atoms. The Bertz CT molecular complexity index is 662. The first-order valence-electron chi connectivity index (χ1n) is 10.4. The summed E-state index contributed by atoms with van der Waals surface area (Å²) in [5, 5.41) is 0. The van der Waals surface area contributed by atoms with Crippen LogP contribution in [0.3, 0.4) is 0 Å². The van der Waals surface area contributed by atoms with E-state index in [1.807, 2.05) is 0 Å². The van der Waals surface area contributed by atoms with Crippen LogP contribution in [0.1, 0.15) is 69.8 Å². The molecule has 5 saturated carbocycles. The third-order valence-electron chi connectivity index (χ3n) is 8.33. The highest BCUT2D eigenvalue weighted by Crippen LogP contribution is 2.71. The van der Waals surface area contributed by atoms with Crippen LogP contribution in [0, 0.1) is 23.2 Å². The van der Waals surface area contributed by atoms with Gasteiger partial charge in [-0.05, 0) is 86.5 Å². The smallest absolute Gasteiger partial charge is 0.139 e. The maximum atomic E-state index is 13.5. The lowest BCUT2D eigenvalue weighted by Gasteiger charge is -2.41. The largest absolute Gasteiger partial charge is 0.328 e. The maximum Gasteiger partial charge on any atom is 0.139 e. The molecular weight excluding hydrogens is 306 g/mol. The molecule has 2 N–H and O–H groups in total. The second-order valence-electron chi connectivity index (χ2n) is 9.80. The Morgan fingerprint density at radius 1 is 1.04 bits per heavy atom. The van der Waals surface area contributed by atoms with Crippen LogP contribution in [-0.2, 0) is 10.2 Å². The van der Waals surface area contributed by atoms with Crippen molar-refractivity contribution in [2.45, 2.75) is 75.7 Å². The predicted octanol–water partition coefficient (Wildman–Crippen LogP) is 4.61. The van der Waals surface area contributed by atoms with Crippen molar-refractivity contribution in [2.24, 2.45) is 28.9 Å². The summed E-state index contributed by atoms with van der Waals surface area (Å²) < 4.78 is 0. The number of hydrogen-bond acceptors (Lipinski definition) is 2. The number of benzene rings is 1. The minimum atomic E-state index is 0.0261. The van der Waals surface area contributed by atoms with Crippen LogP contribution >= 0.6 is 0 Å². The van der Waals surface area contributed by atoms with Crippen LogP contribution in [0.15, 0.2) is 30.3 Å². The Balaban J connectivity index is 1.38. The lowest BCUT2D eigenvalue weighted by atomic mass is 9.62. The lowest BCUT2D eigenvalue weighted by Crippen LogP contribution is -2.38. The van der Waals surface area contributed by atoms with Crippen LogP contribution in [0.5, 0.6) is 0 Å². The molecule has 0 aromatic heterocycles.